The van der Waals surface area contributed by atoms with Crippen LogP contribution in [0.3, 0.4) is 0 Å². The molecule has 2 N–H and O–H groups in total. The van der Waals surface area contributed by atoms with Crippen molar-refractivity contribution in [2.24, 2.45) is 0 Å². The van der Waals surface area contributed by atoms with Gasteiger partial charge >= 0.3 is 0 Å². The Bertz CT molecular complexity index is 504. The number of H-pyrrole nitrogens is 1. The fourth-order valence-electron chi connectivity index (χ4n) is 1.71. The van der Waals surface area contributed by atoms with Crippen molar-refractivity contribution in [1.82, 2.24) is 15.3 Å². The van der Waals surface area contributed by atoms with E-state index in [0.29, 0.717) is 17.0 Å². The van der Waals surface area contributed by atoms with Crippen LogP contribution in [-0.2, 0) is 13.0 Å². The lowest BCUT2D eigenvalue weighted by Crippen LogP contribution is -2.11. The number of halogens is 2. The van der Waals surface area contributed by atoms with Gasteiger partial charge in [-0.1, -0.05) is 24.6 Å². The minimum atomic E-state index is -0.299. The van der Waals surface area contributed by atoms with Crippen LogP contribution >= 0.6 is 11.6 Å². The maximum Gasteiger partial charge on any atom is 0.128 e. The van der Waals surface area contributed by atoms with E-state index in [0.717, 1.165) is 24.6 Å². The summed E-state index contributed by atoms with van der Waals surface area (Å²) in [5.41, 5.74) is 1.46. The topological polar surface area (TPSA) is 40.7 Å². The molecule has 0 atom stereocenters. The minimum absolute atomic E-state index is 0.299. The number of hydrogen-bond donors (Lipinski definition) is 2. The van der Waals surface area contributed by atoms with Gasteiger partial charge in [-0.2, -0.15) is 0 Å². The van der Waals surface area contributed by atoms with Crippen LogP contribution in [0.15, 0.2) is 24.4 Å². The molecule has 96 valence electrons. The summed E-state index contributed by atoms with van der Waals surface area (Å²) in [4.78, 5) is 7.38. The first kappa shape index (κ1) is 13.1. The summed E-state index contributed by atoms with van der Waals surface area (Å²) in [6.45, 7) is 3.67. The Morgan fingerprint density at radius 1 is 1.44 bits per heavy atom. The summed E-state index contributed by atoms with van der Waals surface area (Å²) in [6.07, 6.45) is 2.13. The monoisotopic (exact) mass is 267 g/mol. The molecule has 18 heavy (non-hydrogen) atoms. The number of rotatable bonds is 5. The van der Waals surface area contributed by atoms with Gasteiger partial charge in [-0.15, -0.1) is 0 Å². The van der Waals surface area contributed by atoms with Crippen LogP contribution in [0.5, 0.6) is 0 Å². The van der Waals surface area contributed by atoms with E-state index in [4.69, 9.17) is 11.6 Å². The van der Waals surface area contributed by atoms with Crippen LogP contribution in [0, 0.1) is 5.82 Å². The van der Waals surface area contributed by atoms with E-state index in [1.165, 1.54) is 6.07 Å². The molecule has 0 unspecified atom stereocenters. The Morgan fingerprint density at radius 2 is 2.28 bits per heavy atom. The summed E-state index contributed by atoms with van der Waals surface area (Å²) < 4.78 is 13.6. The van der Waals surface area contributed by atoms with Crippen molar-refractivity contribution in [2.75, 3.05) is 6.54 Å². The molecule has 3 nitrogen and oxygen atoms in total. The highest BCUT2D eigenvalue weighted by Gasteiger charge is 2.09. The molecule has 0 saturated heterocycles. The van der Waals surface area contributed by atoms with E-state index in [1.54, 1.807) is 18.3 Å². The fraction of sp³-hybridized carbons (Fsp3) is 0.308. The predicted octanol–water partition coefficient (Wildman–Crippen LogP) is 2.90. The highest BCUT2D eigenvalue weighted by atomic mass is 35.5. The molecule has 0 aliphatic carbocycles. The maximum atomic E-state index is 13.6. The zero-order chi connectivity index (χ0) is 13.0. The SMILES string of the molecule is CCNCc1cnc(Cc2c(F)cccc2Cl)[nH]1. The average Bonchev–Trinajstić information content (AvgIpc) is 2.79. The third-order valence-electron chi connectivity index (χ3n) is 2.65. The van der Waals surface area contributed by atoms with Gasteiger partial charge in [0, 0.05) is 35.4 Å². The molecule has 2 aromatic rings. The molecule has 0 radical (unpaired) electrons. The molecule has 0 spiro atoms. The number of imidazole rings is 1. The molecule has 0 fully saturated rings. The van der Waals surface area contributed by atoms with Crippen molar-refractivity contribution in [3.63, 3.8) is 0 Å². The lowest BCUT2D eigenvalue weighted by atomic mass is 10.1. The van der Waals surface area contributed by atoms with Gasteiger partial charge in [-0.25, -0.2) is 9.37 Å². The quantitative estimate of drug-likeness (QED) is 0.875. The summed E-state index contributed by atoms with van der Waals surface area (Å²) in [7, 11) is 0. The molecule has 0 bridgehead atoms. The van der Waals surface area contributed by atoms with Gasteiger partial charge < -0.3 is 10.3 Å². The van der Waals surface area contributed by atoms with E-state index < -0.39 is 0 Å². The molecule has 1 aromatic heterocycles. The summed E-state index contributed by atoms with van der Waals surface area (Å²) in [5.74, 6) is 0.419. The van der Waals surface area contributed by atoms with E-state index in [9.17, 15) is 4.39 Å². The normalized spacial score (nSPS) is 10.8. The van der Waals surface area contributed by atoms with Crippen molar-refractivity contribution in [3.05, 3.63) is 52.3 Å². The van der Waals surface area contributed by atoms with Gasteiger partial charge in [-0.05, 0) is 18.7 Å². The molecular weight excluding hydrogens is 253 g/mol. The average molecular weight is 268 g/mol. The molecule has 0 aliphatic rings. The number of aromatic amines is 1. The van der Waals surface area contributed by atoms with E-state index >= 15 is 0 Å². The first-order chi connectivity index (χ1) is 8.70. The number of nitrogens with one attached hydrogen (secondary N) is 2. The third-order valence-corrected chi connectivity index (χ3v) is 3.01. The Kier molecular flexibility index (Phi) is 4.33. The van der Waals surface area contributed by atoms with Gasteiger partial charge in [-0.3, -0.25) is 0 Å². The van der Waals surface area contributed by atoms with Crippen molar-refractivity contribution in [2.45, 2.75) is 19.9 Å². The summed E-state index contributed by atoms with van der Waals surface area (Å²) in [5, 5.41) is 3.62. The fourth-order valence-corrected chi connectivity index (χ4v) is 1.94. The molecule has 1 heterocycles. The lowest BCUT2D eigenvalue weighted by molar-refractivity contribution is 0.612. The van der Waals surface area contributed by atoms with Crippen LogP contribution in [0.25, 0.3) is 0 Å². The largest absolute Gasteiger partial charge is 0.345 e. The zero-order valence-electron chi connectivity index (χ0n) is 10.1. The van der Waals surface area contributed by atoms with Gasteiger partial charge in [0.1, 0.15) is 11.6 Å². The standard InChI is InChI=1S/C13H15ClFN3/c1-2-16-7-9-8-17-13(18-9)6-10-11(14)4-3-5-12(10)15/h3-5,8,16H,2,6-7H2,1H3,(H,17,18). The number of nitrogens with zero attached hydrogens (tertiary/aromatic N) is 1. The summed E-state index contributed by atoms with van der Waals surface area (Å²) in [6, 6.07) is 4.69. The molecular formula is C13H15ClFN3. The van der Waals surface area contributed by atoms with Crippen LogP contribution in [0.1, 0.15) is 24.0 Å². The van der Waals surface area contributed by atoms with Gasteiger partial charge in [0.05, 0.1) is 0 Å². The Morgan fingerprint density at radius 3 is 3.00 bits per heavy atom. The second-order valence-corrected chi connectivity index (χ2v) is 4.42. The van der Waals surface area contributed by atoms with Gasteiger partial charge in [0.15, 0.2) is 0 Å². The second kappa shape index (κ2) is 5.98. The zero-order valence-corrected chi connectivity index (χ0v) is 10.9. The van der Waals surface area contributed by atoms with Crippen LogP contribution in [0.4, 0.5) is 4.39 Å². The maximum absolute atomic E-state index is 13.6. The number of hydrogen-bond acceptors (Lipinski definition) is 2. The van der Waals surface area contributed by atoms with Gasteiger partial charge in [0.25, 0.3) is 0 Å². The van der Waals surface area contributed by atoms with Crippen molar-refractivity contribution in [3.8, 4) is 0 Å². The first-order valence-corrected chi connectivity index (χ1v) is 6.25. The third kappa shape index (κ3) is 3.09. The number of aromatic nitrogens is 2. The van der Waals surface area contributed by atoms with Gasteiger partial charge in [0.2, 0.25) is 0 Å². The highest BCUT2D eigenvalue weighted by Crippen LogP contribution is 2.21. The smallest absolute Gasteiger partial charge is 0.128 e. The highest BCUT2D eigenvalue weighted by molar-refractivity contribution is 6.31. The molecule has 5 heteroatoms. The van der Waals surface area contributed by atoms with Crippen molar-refractivity contribution in [1.29, 1.82) is 0 Å². The molecule has 0 aliphatic heterocycles. The molecule has 1 aromatic carbocycles. The molecule has 0 amide bonds. The summed E-state index contributed by atoms with van der Waals surface area (Å²) >= 11 is 5.98. The van der Waals surface area contributed by atoms with Crippen molar-refractivity contribution < 1.29 is 4.39 Å². The van der Waals surface area contributed by atoms with Crippen LogP contribution in [-0.4, -0.2) is 16.5 Å². The van der Waals surface area contributed by atoms with Crippen LogP contribution in [0.2, 0.25) is 5.02 Å². The number of benzene rings is 1. The minimum Gasteiger partial charge on any atom is -0.345 e. The van der Waals surface area contributed by atoms with E-state index in [2.05, 4.69) is 15.3 Å². The predicted molar refractivity (Wildman–Crippen MR) is 70.2 cm³/mol. The van der Waals surface area contributed by atoms with E-state index in [-0.39, 0.29) is 5.82 Å². The molecule has 2 rings (SSSR count). The van der Waals surface area contributed by atoms with E-state index in [1.807, 2.05) is 6.92 Å². The van der Waals surface area contributed by atoms with Crippen molar-refractivity contribution >= 4 is 11.6 Å². The molecule has 0 saturated carbocycles. The second-order valence-electron chi connectivity index (χ2n) is 4.01. The van der Waals surface area contributed by atoms with Crippen LogP contribution < -0.4 is 5.32 Å². The first-order valence-electron chi connectivity index (χ1n) is 5.87. The lowest BCUT2D eigenvalue weighted by Gasteiger charge is -2.03. The Labute approximate surface area is 110 Å². The Balaban J connectivity index is 2.11. The Hall–Kier alpha value is -1.39.